The molecule has 21 rings (SSSR count). The van der Waals surface area contributed by atoms with Crippen LogP contribution in [0.3, 0.4) is 0 Å². The summed E-state index contributed by atoms with van der Waals surface area (Å²) < 4.78 is 135. The molecule has 9 heterocycles. The second kappa shape index (κ2) is 30.0. The van der Waals surface area contributed by atoms with Crippen LogP contribution in [0, 0.1) is 47.5 Å². The molecule has 0 aliphatic heterocycles. The van der Waals surface area contributed by atoms with E-state index in [1.54, 1.807) is 160 Å². The number of hydrogen-bond donors (Lipinski definition) is 0. The lowest BCUT2D eigenvalue weighted by Crippen LogP contribution is -2.45. The van der Waals surface area contributed by atoms with Crippen LogP contribution in [0.25, 0.3) is 35.3 Å². The molecule has 6 saturated carbocycles. The lowest BCUT2D eigenvalue weighted by atomic mass is 9.61. The molecule has 6 atom stereocenters. The van der Waals surface area contributed by atoms with Crippen molar-refractivity contribution in [2.75, 3.05) is 0 Å². The Morgan fingerprint density at radius 2 is 0.758 bits per heavy atom. The highest BCUT2D eigenvalue weighted by atomic mass is 32.2. The first-order valence-electron chi connectivity index (χ1n) is 41.0. The van der Waals surface area contributed by atoms with Crippen LogP contribution in [0.4, 0.5) is 13.2 Å². The van der Waals surface area contributed by atoms with Gasteiger partial charge in [0, 0.05) is 74.9 Å². The summed E-state index contributed by atoms with van der Waals surface area (Å²) in [7, 11) is -9.17. The first kappa shape index (κ1) is 78.3. The van der Waals surface area contributed by atoms with Crippen LogP contribution < -0.4 is 0 Å². The van der Waals surface area contributed by atoms with Gasteiger partial charge in [-0.25, -0.2) is 52.5 Å². The van der Waals surface area contributed by atoms with E-state index < -0.39 is 61.5 Å². The second-order valence-electron chi connectivity index (χ2n) is 34.1. The molecule has 21 nitrogen and oxygen atoms in total. The van der Waals surface area contributed by atoms with Gasteiger partial charge in [0.05, 0.1) is 99.4 Å². The van der Waals surface area contributed by atoms with Gasteiger partial charge in [0.15, 0.2) is 46.9 Å². The maximum Gasteiger partial charge on any atom is 0.191 e. The smallest absolute Gasteiger partial charge is 0.191 e. The van der Waals surface area contributed by atoms with Gasteiger partial charge in [0.25, 0.3) is 0 Å². The van der Waals surface area contributed by atoms with E-state index >= 15 is 0 Å². The van der Waals surface area contributed by atoms with Crippen LogP contribution in [0.1, 0.15) is 196 Å². The largest absolute Gasteiger partial charge is 0.356 e. The number of benzene rings is 3. The zero-order valence-electron chi connectivity index (χ0n) is 66.4. The molecule has 3 aromatic carbocycles. The van der Waals surface area contributed by atoms with Gasteiger partial charge >= 0.3 is 0 Å². The summed E-state index contributed by atoms with van der Waals surface area (Å²) in [6, 6.07) is 35.2. The molecular weight excluding hydrogens is 1580 g/mol. The third kappa shape index (κ3) is 14.2. The van der Waals surface area contributed by atoms with Gasteiger partial charge in [-0.05, 0) is 308 Å². The first-order valence-corrected chi connectivity index (χ1v) is 45.6. The molecule has 9 aromatic heterocycles. The van der Waals surface area contributed by atoms with E-state index in [4.69, 9.17) is 0 Å². The molecule has 612 valence electrons. The molecule has 0 unspecified atom stereocenters. The van der Waals surface area contributed by atoms with Gasteiger partial charge in [0.2, 0.25) is 0 Å². The van der Waals surface area contributed by atoms with Crippen LogP contribution in [0.5, 0.6) is 0 Å². The normalized spacial score (nSPS) is 22.4. The molecule has 9 aliphatic rings. The minimum Gasteiger partial charge on any atom is -0.356 e. The lowest BCUT2D eigenvalue weighted by Gasteiger charge is -2.43. The standard InChI is InChI=1S/3C31H29FN4O3S/c2*1-20-10-12-33-28(14-20)30(37)31-16-21-18-34-36(25-5-3-23(32)4-6-25)29(21)15-22(31)2-9-26(17-31)40(38,39)27-11-13-35(19-27)24-7-8-24;1-35-13-12-27(19-35)40(38,39)26-10-5-23-14-29-22(18-34-36(29)25-8-6-24(32)7-9-25)15-31(23,16-26)30(37)28-11-4-21(17-33-28)20-2-3-20/h2*3-6,10-15,18-19,24,26H,2,7-9,16-17H2,1H3;4,6-9,11-14,17-20,26H,2-3,5,10,15-16H2,1H3/t3*26-,31-/m000/s1. The van der Waals surface area contributed by atoms with Crippen molar-refractivity contribution in [3.63, 3.8) is 0 Å². The third-order valence-corrected chi connectivity index (χ3v) is 32.7. The van der Waals surface area contributed by atoms with E-state index in [0.29, 0.717) is 103 Å². The fraction of sp³-hybridized carbons (Fsp3) is 0.323. The van der Waals surface area contributed by atoms with Crippen molar-refractivity contribution in [2.45, 2.75) is 178 Å². The zero-order chi connectivity index (χ0) is 82.9. The van der Waals surface area contributed by atoms with Gasteiger partial charge in [-0.15, -0.1) is 0 Å². The maximum absolute atomic E-state index is 14.4. The number of ketones is 3. The summed E-state index contributed by atoms with van der Waals surface area (Å²) >= 11 is 0. The Labute approximate surface area is 693 Å². The van der Waals surface area contributed by atoms with E-state index in [2.05, 4.69) is 30.2 Å². The molecule has 0 radical (unpaired) electrons. The third-order valence-electron chi connectivity index (χ3n) is 26.1. The van der Waals surface area contributed by atoms with Gasteiger partial charge in [-0.1, -0.05) is 22.8 Å². The lowest BCUT2D eigenvalue weighted by molar-refractivity contribution is 0.0790. The number of carbonyl (C=O) groups is 3. The molecule has 0 bridgehead atoms. The zero-order valence-corrected chi connectivity index (χ0v) is 68.8. The number of allylic oxidation sites excluding steroid dienone is 3. The Balaban J connectivity index is 0.000000119. The Morgan fingerprint density at radius 3 is 1.08 bits per heavy atom. The highest BCUT2D eigenvalue weighted by Gasteiger charge is 2.56. The summed E-state index contributed by atoms with van der Waals surface area (Å²) in [4.78, 5) is 57.5. The number of aryl methyl sites for hydroxylation is 3. The molecule has 9 aliphatic carbocycles. The number of sulfone groups is 3. The van der Waals surface area contributed by atoms with Gasteiger partial charge in [0.1, 0.15) is 34.5 Å². The number of aromatic nitrogens is 12. The molecule has 12 aromatic rings. The number of Topliss-reactive ketones (excluding diaryl/α,β-unsaturated/α-hetero) is 3. The molecule has 0 saturated heterocycles. The first-order chi connectivity index (χ1) is 57.7. The minimum atomic E-state index is -3.66. The fourth-order valence-corrected chi connectivity index (χ4v) is 24.7. The van der Waals surface area contributed by atoms with Gasteiger partial charge in [-0.2, -0.15) is 15.3 Å². The van der Waals surface area contributed by atoms with E-state index in [9.17, 15) is 52.8 Å². The van der Waals surface area contributed by atoms with Crippen molar-refractivity contribution < 1.29 is 52.8 Å². The Bertz CT molecular complexity index is 6320. The summed E-state index contributed by atoms with van der Waals surface area (Å²) in [6.45, 7) is 3.83. The SMILES string of the molecule is Cc1ccnc(C(=O)[C@]23Cc4cnn(-c5ccc(F)cc5)c4C=C2CC[C@H](S(=O)(=O)c2ccn(C4CC4)c2)C3)c1.Cc1ccnc(C(=O)[C@]23Cc4cnn(-c5ccc(F)cc5)c4C=C2CC[C@H](S(=O)(=O)c2ccn(C4CC4)c2)C3)c1.Cn1ccc(S(=O)(=O)[C@H]2CCC3=Cc4c(cnn4-c4ccc(F)cc4)C[C@]3(C(=O)c3ccc(C4CC4)cn3)C2)c1. The molecule has 120 heavy (non-hydrogen) atoms. The summed E-state index contributed by atoms with van der Waals surface area (Å²) in [5.74, 6) is -0.915. The molecular formula is C93H87F3N12O9S3. The topological polar surface area (TPSA) is 261 Å². The number of nitrogens with zero attached hydrogens (tertiary/aromatic N) is 12. The van der Waals surface area contributed by atoms with Crippen LogP contribution in [0.15, 0.2) is 233 Å². The van der Waals surface area contributed by atoms with Crippen molar-refractivity contribution in [1.82, 2.24) is 58.0 Å². The maximum atomic E-state index is 14.4. The number of rotatable bonds is 18. The van der Waals surface area contributed by atoms with E-state index in [1.807, 2.05) is 71.8 Å². The van der Waals surface area contributed by atoms with Crippen molar-refractivity contribution in [1.29, 1.82) is 0 Å². The van der Waals surface area contributed by atoms with E-state index in [0.717, 1.165) is 123 Å². The fourth-order valence-electron chi connectivity index (χ4n) is 19.2. The van der Waals surface area contributed by atoms with E-state index in [1.165, 1.54) is 36.4 Å². The van der Waals surface area contributed by atoms with Crippen molar-refractivity contribution >= 4 is 65.1 Å². The molecule has 0 spiro atoms. The highest BCUT2D eigenvalue weighted by molar-refractivity contribution is 7.92. The number of fused-ring (bicyclic) bond motifs is 6. The Kier molecular flexibility index (Phi) is 19.6. The average Bonchev–Trinajstić information content (AvgIpc) is 1.19. The molecule has 6 fully saturated rings. The van der Waals surface area contributed by atoms with Crippen LogP contribution in [-0.2, 0) is 55.8 Å². The predicted molar refractivity (Wildman–Crippen MR) is 445 cm³/mol. The van der Waals surface area contributed by atoms with Crippen LogP contribution in [0.2, 0.25) is 0 Å². The number of halogens is 3. The number of carbonyl (C=O) groups excluding carboxylic acids is 3. The minimum absolute atomic E-state index is 0.144. The molecule has 0 N–H and O–H groups in total. The van der Waals surface area contributed by atoms with Gasteiger partial charge in [-0.3, -0.25) is 29.3 Å². The summed E-state index contributed by atoms with van der Waals surface area (Å²) in [5, 5.41) is 11.6. The quantitative estimate of drug-likeness (QED) is 0.0723. The van der Waals surface area contributed by atoms with Crippen molar-refractivity contribution in [2.24, 2.45) is 23.3 Å². The number of pyridine rings is 3. The van der Waals surface area contributed by atoms with E-state index in [-0.39, 0.29) is 59.0 Å². The van der Waals surface area contributed by atoms with Crippen molar-refractivity contribution in [3.8, 4) is 17.1 Å². The second-order valence-corrected chi connectivity index (χ2v) is 40.8. The monoisotopic (exact) mass is 1670 g/mol. The summed E-state index contributed by atoms with van der Waals surface area (Å²) in [6.07, 6.45) is 37.6. The Morgan fingerprint density at radius 1 is 0.400 bits per heavy atom. The highest BCUT2D eigenvalue weighted by Crippen LogP contribution is 2.56. The summed E-state index contributed by atoms with van der Waals surface area (Å²) in [5.41, 5.74) is 10.9. The Hall–Kier alpha value is -11.6. The van der Waals surface area contributed by atoms with Crippen LogP contribution >= 0.6 is 0 Å². The van der Waals surface area contributed by atoms with Crippen molar-refractivity contribution in [3.05, 3.63) is 303 Å². The van der Waals surface area contributed by atoms with Crippen LogP contribution in [-0.4, -0.2) is 116 Å². The van der Waals surface area contributed by atoms with Gasteiger partial charge < -0.3 is 13.7 Å². The predicted octanol–water partition coefficient (Wildman–Crippen LogP) is 16.8. The number of hydrogen-bond acceptors (Lipinski definition) is 15. The molecule has 0 amide bonds. The molecule has 27 heteroatoms. The average molecular weight is 1670 g/mol.